The van der Waals surface area contributed by atoms with Gasteiger partial charge in [-0.2, -0.15) is 0 Å². The van der Waals surface area contributed by atoms with Crippen molar-refractivity contribution in [1.29, 1.82) is 0 Å². The van der Waals surface area contributed by atoms with E-state index in [1.165, 1.54) is 11.3 Å². The third-order valence-electron chi connectivity index (χ3n) is 2.49. The Labute approximate surface area is 109 Å². The third kappa shape index (κ3) is 2.19. The van der Waals surface area contributed by atoms with Gasteiger partial charge in [0.15, 0.2) is 5.13 Å². The quantitative estimate of drug-likeness (QED) is 0.920. The summed E-state index contributed by atoms with van der Waals surface area (Å²) in [4.78, 5) is 4.25. The lowest BCUT2D eigenvalue weighted by molar-refractivity contribution is 0.377. The van der Waals surface area contributed by atoms with E-state index in [2.05, 4.69) is 4.98 Å². The van der Waals surface area contributed by atoms with Crippen LogP contribution in [0.2, 0.25) is 0 Å². The molecule has 18 heavy (non-hydrogen) atoms. The molecule has 2 N–H and O–H groups in total. The standard InChI is InChI=1S/C12H14N2O3S/c1-15-7-4-9(16-2)11(10(5-7)17-3)8-6-18-12(13)14-8/h4-6H,1-3H3,(H2,13,14). The second kappa shape index (κ2) is 5.14. The van der Waals surface area contributed by atoms with Gasteiger partial charge in [0.1, 0.15) is 17.2 Å². The second-order valence-corrected chi connectivity index (χ2v) is 4.37. The van der Waals surface area contributed by atoms with Crippen LogP contribution >= 0.6 is 11.3 Å². The van der Waals surface area contributed by atoms with Crippen LogP contribution in [0.1, 0.15) is 0 Å². The van der Waals surface area contributed by atoms with Crippen molar-refractivity contribution in [3.05, 3.63) is 17.5 Å². The Morgan fingerprint density at radius 3 is 2.06 bits per heavy atom. The molecule has 0 aliphatic rings. The molecule has 0 saturated carbocycles. The predicted octanol–water partition coefficient (Wildman–Crippen LogP) is 2.42. The van der Waals surface area contributed by atoms with Gasteiger partial charge in [-0.15, -0.1) is 11.3 Å². The SMILES string of the molecule is COc1cc(OC)c(-c2csc(N)n2)c(OC)c1. The molecule has 0 saturated heterocycles. The average Bonchev–Trinajstić information content (AvgIpc) is 2.83. The number of methoxy groups -OCH3 is 3. The van der Waals surface area contributed by atoms with E-state index in [4.69, 9.17) is 19.9 Å². The number of nitrogen functional groups attached to an aromatic ring is 1. The van der Waals surface area contributed by atoms with Gasteiger partial charge in [0.05, 0.1) is 32.6 Å². The van der Waals surface area contributed by atoms with E-state index in [0.29, 0.717) is 22.4 Å². The monoisotopic (exact) mass is 266 g/mol. The van der Waals surface area contributed by atoms with Crippen LogP contribution in [0.15, 0.2) is 17.5 Å². The molecule has 2 rings (SSSR count). The molecule has 0 spiro atoms. The third-order valence-corrected chi connectivity index (χ3v) is 3.17. The maximum absolute atomic E-state index is 5.66. The number of rotatable bonds is 4. The van der Waals surface area contributed by atoms with Gasteiger partial charge in [-0.25, -0.2) is 4.98 Å². The molecule has 0 fully saturated rings. The second-order valence-electron chi connectivity index (χ2n) is 3.48. The van der Waals surface area contributed by atoms with E-state index >= 15 is 0 Å². The highest BCUT2D eigenvalue weighted by Crippen LogP contribution is 2.42. The predicted molar refractivity (Wildman–Crippen MR) is 71.6 cm³/mol. The molecule has 96 valence electrons. The van der Waals surface area contributed by atoms with E-state index in [0.717, 1.165) is 11.3 Å². The molecule has 1 aromatic heterocycles. The summed E-state index contributed by atoms with van der Waals surface area (Å²) in [7, 11) is 4.77. The molecular weight excluding hydrogens is 252 g/mol. The number of aromatic nitrogens is 1. The number of hydrogen-bond acceptors (Lipinski definition) is 6. The number of nitrogens with two attached hydrogens (primary N) is 1. The van der Waals surface area contributed by atoms with Gasteiger partial charge in [0.2, 0.25) is 0 Å². The van der Waals surface area contributed by atoms with Crippen molar-refractivity contribution in [1.82, 2.24) is 4.98 Å². The molecule has 0 aliphatic carbocycles. The van der Waals surface area contributed by atoms with Gasteiger partial charge in [-0.1, -0.05) is 0 Å². The Morgan fingerprint density at radius 1 is 1.06 bits per heavy atom. The van der Waals surface area contributed by atoms with Crippen LogP contribution in [0, 0.1) is 0 Å². The first-order valence-electron chi connectivity index (χ1n) is 5.21. The van der Waals surface area contributed by atoms with Crippen LogP contribution in [0.25, 0.3) is 11.3 Å². The molecule has 0 unspecified atom stereocenters. The number of nitrogens with zero attached hydrogens (tertiary/aromatic N) is 1. The Hall–Kier alpha value is -1.95. The maximum atomic E-state index is 5.66. The van der Waals surface area contributed by atoms with Crippen molar-refractivity contribution in [2.24, 2.45) is 0 Å². The van der Waals surface area contributed by atoms with Gasteiger partial charge < -0.3 is 19.9 Å². The minimum absolute atomic E-state index is 0.505. The summed E-state index contributed by atoms with van der Waals surface area (Å²) in [6.07, 6.45) is 0. The molecule has 0 aliphatic heterocycles. The van der Waals surface area contributed by atoms with E-state index in [1.54, 1.807) is 33.5 Å². The first-order valence-corrected chi connectivity index (χ1v) is 6.09. The number of benzene rings is 1. The minimum Gasteiger partial charge on any atom is -0.496 e. The Bertz CT molecular complexity index is 529. The van der Waals surface area contributed by atoms with Gasteiger partial charge in [0, 0.05) is 17.5 Å². The minimum atomic E-state index is 0.505. The number of anilines is 1. The van der Waals surface area contributed by atoms with Crippen LogP contribution in [0.4, 0.5) is 5.13 Å². The summed E-state index contributed by atoms with van der Waals surface area (Å²) < 4.78 is 15.9. The molecule has 0 atom stereocenters. The molecule has 1 heterocycles. The zero-order valence-electron chi connectivity index (χ0n) is 10.4. The zero-order chi connectivity index (χ0) is 13.1. The fraction of sp³-hybridized carbons (Fsp3) is 0.250. The zero-order valence-corrected chi connectivity index (χ0v) is 11.2. The summed E-state index contributed by atoms with van der Waals surface area (Å²) in [6, 6.07) is 3.57. The van der Waals surface area contributed by atoms with Gasteiger partial charge in [-0.3, -0.25) is 0 Å². The highest BCUT2D eigenvalue weighted by atomic mass is 32.1. The summed E-state index contributed by atoms with van der Waals surface area (Å²) >= 11 is 1.37. The van der Waals surface area contributed by atoms with Crippen LogP contribution in [-0.2, 0) is 0 Å². The van der Waals surface area contributed by atoms with Crippen molar-refractivity contribution in [2.45, 2.75) is 0 Å². The topological polar surface area (TPSA) is 66.6 Å². The highest BCUT2D eigenvalue weighted by molar-refractivity contribution is 7.13. The molecule has 0 bridgehead atoms. The number of ether oxygens (including phenoxy) is 3. The van der Waals surface area contributed by atoms with Gasteiger partial charge in [0.25, 0.3) is 0 Å². The Kier molecular flexibility index (Phi) is 3.57. The van der Waals surface area contributed by atoms with Crippen molar-refractivity contribution < 1.29 is 14.2 Å². The molecule has 6 heteroatoms. The van der Waals surface area contributed by atoms with Crippen LogP contribution in [-0.4, -0.2) is 26.3 Å². The normalized spacial score (nSPS) is 10.2. The Morgan fingerprint density at radius 2 is 1.67 bits per heavy atom. The smallest absolute Gasteiger partial charge is 0.180 e. The van der Waals surface area contributed by atoms with Crippen molar-refractivity contribution in [2.75, 3.05) is 27.1 Å². The number of hydrogen-bond donors (Lipinski definition) is 1. The van der Waals surface area contributed by atoms with E-state index in [1.807, 2.05) is 5.38 Å². The lowest BCUT2D eigenvalue weighted by Crippen LogP contribution is -1.95. The first kappa shape index (κ1) is 12.5. The lowest BCUT2D eigenvalue weighted by atomic mass is 10.1. The Balaban J connectivity index is 2.63. The average molecular weight is 266 g/mol. The van der Waals surface area contributed by atoms with E-state index in [9.17, 15) is 0 Å². The van der Waals surface area contributed by atoms with Gasteiger partial charge in [-0.05, 0) is 0 Å². The maximum Gasteiger partial charge on any atom is 0.180 e. The fourth-order valence-electron chi connectivity index (χ4n) is 1.66. The summed E-state index contributed by atoms with van der Waals surface area (Å²) in [5.74, 6) is 1.93. The molecule has 0 amide bonds. The van der Waals surface area contributed by atoms with E-state index < -0.39 is 0 Å². The molecule has 1 aromatic carbocycles. The molecule has 2 aromatic rings. The molecule has 5 nitrogen and oxygen atoms in total. The fourth-order valence-corrected chi connectivity index (χ4v) is 2.21. The summed E-state index contributed by atoms with van der Waals surface area (Å²) in [5.41, 5.74) is 7.16. The van der Waals surface area contributed by atoms with Crippen LogP contribution in [0.5, 0.6) is 17.2 Å². The van der Waals surface area contributed by atoms with Crippen molar-refractivity contribution in [3.8, 4) is 28.5 Å². The van der Waals surface area contributed by atoms with Crippen molar-refractivity contribution in [3.63, 3.8) is 0 Å². The molecular formula is C12H14N2O3S. The van der Waals surface area contributed by atoms with E-state index in [-0.39, 0.29) is 0 Å². The van der Waals surface area contributed by atoms with Crippen LogP contribution < -0.4 is 19.9 Å². The first-order chi connectivity index (χ1) is 8.69. The largest absolute Gasteiger partial charge is 0.496 e. The highest BCUT2D eigenvalue weighted by Gasteiger charge is 2.17. The van der Waals surface area contributed by atoms with Gasteiger partial charge >= 0.3 is 0 Å². The van der Waals surface area contributed by atoms with Crippen LogP contribution in [0.3, 0.4) is 0 Å². The summed E-state index contributed by atoms with van der Waals surface area (Å²) in [5, 5.41) is 2.37. The lowest BCUT2D eigenvalue weighted by Gasteiger charge is -2.13. The summed E-state index contributed by atoms with van der Waals surface area (Å²) in [6.45, 7) is 0. The van der Waals surface area contributed by atoms with Crippen molar-refractivity contribution >= 4 is 16.5 Å². The number of thiazole rings is 1. The molecule has 0 radical (unpaired) electrons.